The van der Waals surface area contributed by atoms with Crippen LogP contribution < -0.4 is 14.4 Å². The summed E-state index contributed by atoms with van der Waals surface area (Å²) in [5.41, 5.74) is 1.95. The molecule has 3 rings (SSSR count). The molecule has 26 heavy (non-hydrogen) atoms. The van der Waals surface area contributed by atoms with Crippen molar-refractivity contribution in [2.45, 2.75) is 13.3 Å². The van der Waals surface area contributed by atoms with Crippen molar-refractivity contribution < 1.29 is 9.47 Å². The molecule has 0 bridgehead atoms. The van der Waals surface area contributed by atoms with Gasteiger partial charge in [-0.15, -0.1) is 0 Å². The van der Waals surface area contributed by atoms with E-state index in [1.54, 1.807) is 26.6 Å². The molecular formula is C19H21ClN4O2. The molecule has 136 valence electrons. The Morgan fingerprint density at radius 2 is 1.73 bits per heavy atom. The lowest BCUT2D eigenvalue weighted by molar-refractivity contribution is 0.356. The maximum Gasteiger partial charge on any atom is 0.224 e. The highest BCUT2D eigenvalue weighted by molar-refractivity contribution is 6.28. The molecule has 2 aromatic heterocycles. The minimum Gasteiger partial charge on any atom is -0.493 e. The van der Waals surface area contributed by atoms with E-state index >= 15 is 0 Å². The van der Waals surface area contributed by atoms with Crippen molar-refractivity contribution in [2.75, 3.05) is 32.2 Å². The van der Waals surface area contributed by atoms with Crippen LogP contribution in [0.1, 0.15) is 12.5 Å². The fourth-order valence-corrected chi connectivity index (χ4v) is 3.05. The third-order valence-corrected chi connectivity index (χ3v) is 4.42. The first kappa shape index (κ1) is 18.2. The smallest absolute Gasteiger partial charge is 0.224 e. The molecule has 0 atom stereocenters. The second-order valence-corrected chi connectivity index (χ2v) is 6.06. The van der Waals surface area contributed by atoms with Crippen LogP contribution in [0, 0.1) is 0 Å². The first-order valence-corrected chi connectivity index (χ1v) is 8.77. The lowest BCUT2D eigenvalue weighted by Crippen LogP contribution is -2.26. The molecule has 7 heteroatoms. The van der Waals surface area contributed by atoms with Gasteiger partial charge in [-0.1, -0.05) is 0 Å². The number of halogens is 1. The van der Waals surface area contributed by atoms with E-state index in [0.717, 1.165) is 36.2 Å². The van der Waals surface area contributed by atoms with Crippen molar-refractivity contribution in [3.63, 3.8) is 0 Å². The molecule has 0 unspecified atom stereocenters. The molecular weight excluding hydrogens is 352 g/mol. The number of hydrogen-bond acceptors (Lipinski definition) is 6. The fourth-order valence-electron chi connectivity index (χ4n) is 2.88. The van der Waals surface area contributed by atoms with Crippen LogP contribution in [0.2, 0.25) is 5.28 Å². The number of hydrogen-bond donors (Lipinski definition) is 0. The maximum atomic E-state index is 6.18. The molecule has 6 nitrogen and oxygen atoms in total. The molecule has 0 fully saturated rings. The summed E-state index contributed by atoms with van der Waals surface area (Å²) in [6.07, 6.45) is 4.49. The first-order valence-electron chi connectivity index (χ1n) is 8.39. The predicted octanol–water partition coefficient (Wildman–Crippen LogP) is 3.76. The average Bonchev–Trinajstić information content (AvgIpc) is 2.68. The number of anilines is 1. The van der Waals surface area contributed by atoms with Crippen molar-refractivity contribution in [1.29, 1.82) is 0 Å². The van der Waals surface area contributed by atoms with E-state index in [-0.39, 0.29) is 5.28 Å². The zero-order valence-corrected chi connectivity index (χ0v) is 15.8. The topological polar surface area (TPSA) is 60.4 Å². The molecule has 0 spiro atoms. The predicted molar refractivity (Wildman–Crippen MR) is 103 cm³/mol. The van der Waals surface area contributed by atoms with E-state index in [0.29, 0.717) is 11.5 Å². The van der Waals surface area contributed by atoms with Gasteiger partial charge in [-0.2, -0.15) is 4.98 Å². The van der Waals surface area contributed by atoms with Crippen molar-refractivity contribution >= 4 is 28.3 Å². The summed E-state index contributed by atoms with van der Waals surface area (Å²) in [5, 5.41) is 1.09. The minimum absolute atomic E-state index is 0.210. The van der Waals surface area contributed by atoms with Crippen LogP contribution >= 0.6 is 11.6 Å². The molecule has 3 aromatic rings. The van der Waals surface area contributed by atoms with Gasteiger partial charge in [0.2, 0.25) is 5.28 Å². The van der Waals surface area contributed by atoms with Gasteiger partial charge < -0.3 is 14.4 Å². The van der Waals surface area contributed by atoms with Crippen molar-refractivity contribution in [3.8, 4) is 11.5 Å². The van der Waals surface area contributed by atoms with Gasteiger partial charge in [0, 0.05) is 36.9 Å². The number of methoxy groups -OCH3 is 2. The largest absolute Gasteiger partial charge is 0.493 e. The Labute approximate surface area is 157 Å². The van der Waals surface area contributed by atoms with E-state index in [4.69, 9.17) is 21.1 Å². The van der Waals surface area contributed by atoms with Gasteiger partial charge in [0.05, 0.1) is 19.7 Å². The van der Waals surface area contributed by atoms with Crippen LogP contribution in [-0.2, 0) is 6.42 Å². The summed E-state index contributed by atoms with van der Waals surface area (Å²) in [6.45, 7) is 3.69. The molecule has 0 aliphatic heterocycles. The zero-order chi connectivity index (χ0) is 18.5. The molecule has 0 amide bonds. The summed E-state index contributed by atoms with van der Waals surface area (Å²) in [6, 6.07) is 7.76. The highest BCUT2D eigenvalue weighted by Gasteiger charge is 2.16. The highest BCUT2D eigenvalue weighted by atomic mass is 35.5. The molecule has 1 aromatic carbocycles. The second kappa shape index (κ2) is 8.19. The Morgan fingerprint density at radius 1 is 1.04 bits per heavy atom. The summed E-state index contributed by atoms with van der Waals surface area (Å²) in [5.74, 6) is 2.04. The van der Waals surface area contributed by atoms with Gasteiger partial charge in [-0.05, 0) is 48.7 Å². The maximum absolute atomic E-state index is 6.18. The third-order valence-electron chi connectivity index (χ3n) is 4.25. The van der Waals surface area contributed by atoms with Gasteiger partial charge in [0.15, 0.2) is 11.5 Å². The van der Waals surface area contributed by atoms with Crippen molar-refractivity contribution in [1.82, 2.24) is 15.0 Å². The van der Waals surface area contributed by atoms with E-state index in [1.165, 1.54) is 5.56 Å². The fraction of sp³-hybridized carbons (Fsp3) is 0.316. The molecule has 0 saturated carbocycles. The van der Waals surface area contributed by atoms with Crippen molar-refractivity contribution in [3.05, 3.63) is 47.5 Å². The Balaban J connectivity index is 2.00. The van der Waals surface area contributed by atoms with Gasteiger partial charge >= 0.3 is 0 Å². The van der Waals surface area contributed by atoms with E-state index < -0.39 is 0 Å². The lowest BCUT2D eigenvalue weighted by atomic mass is 10.1. The average molecular weight is 373 g/mol. The Morgan fingerprint density at radius 3 is 2.38 bits per heavy atom. The summed E-state index contributed by atoms with van der Waals surface area (Å²) < 4.78 is 10.8. The third kappa shape index (κ3) is 3.80. The normalized spacial score (nSPS) is 10.8. The number of ether oxygens (including phenoxy) is 2. The Hall–Kier alpha value is -2.60. The van der Waals surface area contributed by atoms with Crippen LogP contribution in [0.3, 0.4) is 0 Å². The Bertz CT molecular complexity index is 890. The van der Waals surface area contributed by atoms with Gasteiger partial charge in [0.1, 0.15) is 5.82 Å². The number of rotatable bonds is 7. The molecule has 0 N–H and O–H groups in total. The van der Waals surface area contributed by atoms with E-state index in [1.807, 2.05) is 24.3 Å². The molecule has 0 aliphatic carbocycles. The van der Waals surface area contributed by atoms with Crippen LogP contribution in [-0.4, -0.2) is 42.3 Å². The molecule has 0 radical (unpaired) electrons. The lowest BCUT2D eigenvalue weighted by Gasteiger charge is -2.24. The van der Waals surface area contributed by atoms with Gasteiger partial charge in [-0.3, -0.25) is 4.98 Å². The quantitative estimate of drug-likeness (QED) is 0.588. The van der Waals surface area contributed by atoms with Crippen LogP contribution in [0.4, 0.5) is 5.82 Å². The monoisotopic (exact) mass is 372 g/mol. The highest BCUT2D eigenvalue weighted by Crippen LogP contribution is 2.35. The Kier molecular flexibility index (Phi) is 5.73. The van der Waals surface area contributed by atoms with Crippen LogP contribution in [0.5, 0.6) is 11.5 Å². The molecule has 0 aliphatic rings. The summed E-state index contributed by atoms with van der Waals surface area (Å²) >= 11 is 6.18. The number of benzene rings is 1. The first-order chi connectivity index (χ1) is 12.7. The number of nitrogens with zero attached hydrogens (tertiary/aromatic N) is 4. The number of pyridine rings is 1. The number of aromatic nitrogens is 3. The van der Waals surface area contributed by atoms with E-state index in [2.05, 4.69) is 26.8 Å². The summed E-state index contributed by atoms with van der Waals surface area (Å²) in [4.78, 5) is 15.1. The second-order valence-electron chi connectivity index (χ2n) is 5.73. The van der Waals surface area contributed by atoms with E-state index in [9.17, 15) is 0 Å². The summed E-state index contributed by atoms with van der Waals surface area (Å²) in [7, 11) is 3.21. The number of fused-ring (bicyclic) bond motifs is 1. The van der Waals surface area contributed by atoms with Gasteiger partial charge in [0.25, 0.3) is 0 Å². The van der Waals surface area contributed by atoms with Crippen LogP contribution in [0.25, 0.3) is 10.9 Å². The molecule has 0 saturated heterocycles. The van der Waals surface area contributed by atoms with Crippen molar-refractivity contribution in [2.24, 2.45) is 0 Å². The number of likely N-dealkylation sites (N-methyl/N-ethyl adjacent to an activating group) is 1. The molecule has 2 heterocycles. The standard InChI is InChI=1S/C19H21ClN4O2/c1-4-24(10-7-13-5-8-21-9-6-13)18-14-11-16(25-2)17(26-3)12-15(14)22-19(20)23-18/h5-6,8-9,11-12H,4,7,10H2,1-3H3. The zero-order valence-electron chi connectivity index (χ0n) is 15.1. The SMILES string of the molecule is CCN(CCc1ccncc1)c1nc(Cl)nc2cc(OC)c(OC)cc12. The van der Waals surface area contributed by atoms with Gasteiger partial charge in [-0.25, -0.2) is 4.98 Å². The van der Waals surface area contributed by atoms with Crippen LogP contribution in [0.15, 0.2) is 36.7 Å². The minimum atomic E-state index is 0.210.